The molecule has 6 rings (SSSR count). The van der Waals surface area contributed by atoms with Gasteiger partial charge in [-0.1, -0.05) is 6.07 Å². The molecule has 0 N–H and O–H groups in total. The highest BCUT2D eigenvalue weighted by Crippen LogP contribution is 2.38. The van der Waals surface area contributed by atoms with Crippen LogP contribution in [0, 0.1) is 12.7 Å². The van der Waals surface area contributed by atoms with Gasteiger partial charge in [-0.3, -0.25) is 9.59 Å². The van der Waals surface area contributed by atoms with Gasteiger partial charge in [0.2, 0.25) is 5.88 Å². The maximum absolute atomic E-state index is 14.0. The molecule has 0 atom stereocenters. The standard InChI is InChI=1S/C26H22FN5O4/c1-16-13-31(15-29-16)20-5-6-21-25(33)30(10-11-32(21)26(20)34)14-17-3-2-9-28-24(17)36-22-7-4-19(27)23-18(22)8-12-35-23/h2-7,9,13,15H,8,10-12,14H2,1H3. The van der Waals surface area contributed by atoms with Gasteiger partial charge in [0, 0.05) is 43.0 Å². The molecular formula is C26H22FN5O4. The molecule has 0 unspecified atom stereocenters. The van der Waals surface area contributed by atoms with Crippen molar-refractivity contribution in [1.29, 1.82) is 0 Å². The molecule has 1 amide bonds. The largest absolute Gasteiger partial charge is 0.490 e. The van der Waals surface area contributed by atoms with E-state index in [0.29, 0.717) is 60.3 Å². The van der Waals surface area contributed by atoms with Crippen LogP contribution in [0.1, 0.15) is 27.3 Å². The summed E-state index contributed by atoms with van der Waals surface area (Å²) in [5.41, 5.74) is 2.69. The number of benzene rings is 1. The summed E-state index contributed by atoms with van der Waals surface area (Å²) in [6.07, 6.45) is 5.50. The van der Waals surface area contributed by atoms with Crippen molar-refractivity contribution >= 4 is 5.91 Å². The highest BCUT2D eigenvalue weighted by Gasteiger charge is 2.28. The third-order valence-corrected chi connectivity index (χ3v) is 6.43. The molecule has 0 aliphatic carbocycles. The minimum atomic E-state index is -0.421. The van der Waals surface area contributed by atoms with E-state index >= 15 is 0 Å². The van der Waals surface area contributed by atoms with E-state index in [1.165, 1.54) is 10.6 Å². The number of nitrogens with zero attached hydrogens (tertiary/aromatic N) is 5. The Morgan fingerprint density at radius 1 is 1.11 bits per heavy atom. The van der Waals surface area contributed by atoms with Gasteiger partial charge in [0.05, 0.1) is 25.2 Å². The third kappa shape index (κ3) is 3.71. The second-order valence-electron chi connectivity index (χ2n) is 8.73. The smallest absolute Gasteiger partial charge is 0.275 e. The first-order valence-corrected chi connectivity index (χ1v) is 11.6. The van der Waals surface area contributed by atoms with Gasteiger partial charge in [0.25, 0.3) is 11.5 Å². The molecule has 0 bridgehead atoms. The van der Waals surface area contributed by atoms with Crippen molar-refractivity contribution in [2.24, 2.45) is 0 Å². The quantitative estimate of drug-likeness (QED) is 0.429. The third-order valence-electron chi connectivity index (χ3n) is 6.43. The Morgan fingerprint density at radius 2 is 2.00 bits per heavy atom. The van der Waals surface area contributed by atoms with Crippen LogP contribution in [-0.4, -0.2) is 43.1 Å². The van der Waals surface area contributed by atoms with E-state index in [0.717, 1.165) is 5.69 Å². The van der Waals surface area contributed by atoms with Gasteiger partial charge in [0.15, 0.2) is 11.6 Å². The van der Waals surface area contributed by atoms with E-state index in [2.05, 4.69) is 9.97 Å². The highest BCUT2D eigenvalue weighted by atomic mass is 19.1. The molecule has 0 saturated heterocycles. The highest BCUT2D eigenvalue weighted by molar-refractivity contribution is 5.93. The zero-order chi connectivity index (χ0) is 24.8. The summed E-state index contributed by atoms with van der Waals surface area (Å²) >= 11 is 0. The van der Waals surface area contributed by atoms with Crippen molar-refractivity contribution in [1.82, 2.24) is 24.0 Å². The number of carbonyl (C=O) groups excluding carboxylic acids is 1. The molecule has 0 saturated carbocycles. The molecule has 0 radical (unpaired) electrons. The van der Waals surface area contributed by atoms with E-state index in [-0.39, 0.29) is 23.8 Å². The first-order valence-electron chi connectivity index (χ1n) is 11.6. The van der Waals surface area contributed by atoms with Crippen LogP contribution >= 0.6 is 0 Å². The summed E-state index contributed by atoms with van der Waals surface area (Å²) in [6.45, 7) is 3.21. The fraction of sp³-hybridized carbons (Fsp3) is 0.231. The molecule has 0 fully saturated rings. The summed E-state index contributed by atoms with van der Waals surface area (Å²) in [4.78, 5) is 36.6. The van der Waals surface area contributed by atoms with Crippen molar-refractivity contribution < 1.29 is 18.7 Å². The number of carbonyl (C=O) groups is 1. The lowest BCUT2D eigenvalue weighted by Gasteiger charge is -2.30. The molecule has 0 spiro atoms. The second-order valence-corrected chi connectivity index (χ2v) is 8.73. The predicted octanol–water partition coefficient (Wildman–Crippen LogP) is 3.26. The topological polar surface area (TPSA) is 91.5 Å². The summed E-state index contributed by atoms with van der Waals surface area (Å²) in [5.74, 6) is 0.351. The fourth-order valence-corrected chi connectivity index (χ4v) is 4.63. The average Bonchev–Trinajstić information content (AvgIpc) is 3.54. The van der Waals surface area contributed by atoms with Gasteiger partial charge >= 0.3 is 0 Å². The van der Waals surface area contributed by atoms with Crippen molar-refractivity contribution in [3.8, 4) is 23.1 Å². The summed E-state index contributed by atoms with van der Waals surface area (Å²) in [7, 11) is 0. The average molecular weight is 487 g/mol. The van der Waals surface area contributed by atoms with Crippen LogP contribution in [0.3, 0.4) is 0 Å². The lowest BCUT2D eigenvalue weighted by molar-refractivity contribution is 0.0685. The zero-order valence-corrected chi connectivity index (χ0v) is 19.5. The number of halogens is 1. The van der Waals surface area contributed by atoms with Gasteiger partial charge < -0.3 is 23.5 Å². The molecule has 2 aliphatic heterocycles. The molecule has 5 heterocycles. The summed E-state index contributed by atoms with van der Waals surface area (Å²) in [5, 5.41) is 0. The number of amides is 1. The zero-order valence-electron chi connectivity index (χ0n) is 19.5. The van der Waals surface area contributed by atoms with Crippen LogP contribution in [-0.2, 0) is 19.5 Å². The Morgan fingerprint density at radius 3 is 2.83 bits per heavy atom. The van der Waals surface area contributed by atoms with Crippen molar-refractivity contribution in [2.45, 2.75) is 26.4 Å². The number of imidazole rings is 1. The second kappa shape index (κ2) is 8.63. The molecule has 9 nitrogen and oxygen atoms in total. The van der Waals surface area contributed by atoms with E-state index < -0.39 is 5.82 Å². The monoisotopic (exact) mass is 487 g/mol. The van der Waals surface area contributed by atoms with Gasteiger partial charge in [-0.2, -0.15) is 0 Å². The van der Waals surface area contributed by atoms with Gasteiger partial charge in [-0.05, 0) is 37.3 Å². The molecule has 1 aromatic carbocycles. The Labute approximate surface area is 205 Å². The molecule has 182 valence electrons. The molecule has 10 heteroatoms. The number of hydrogen-bond acceptors (Lipinski definition) is 6. The van der Waals surface area contributed by atoms with Crippen LogP contribution < -0.4 is 15.0 Å². The fourth-order valence-electron chi connectivity index (χ4n) is 4.63. The van der Waals surface area contributed by atoms with E-state index in [9.17, 15) is 14.0 Å². The first kappa shape index (κ1) is 22.0. The number of pyridine rings is 2. The predicted molar refractivity (Wildman–Crippen MR) is 127 cm³/mol. The van der Waals surface area contributed by atoms with Gasteiger partial charge in [-0.15, -0.1) is 0 Å². The van der Waals surface area contributed by atoms with Crippen molar-refractivity contribution in [3.05, 3.63) is 93.8 Å². The Hall–Kier alpha value is -4.47. The molecule has 3 aromatic heterocycles. The van der Waals surface area contributed by atoms with Crippen LogP contribution in [0.15, 0.2) is 59.9 Å². The number of rotatable bonds is 5. The molecule has 36 heavy (non-hydrogen) atoms. The van der Waals surface area contributed by atoms with Crippen LogP contribution in [0.2, 0.25) is 0 Å². The van der Waals surface area contributed by atoms with Crippen molar-refractivity contribution in [2.75, 3.05) is 13.2 Å². The van der Waals surface area contributed by atoms with Crippen LogP contribution in [0.4, 0.5) is 4.39 Å². The molecule has 2 aliphatic rings. The minimum absolute atomic E-state index is 0.212. The SMILES string of the molecule is Cc1cn(-c2ccc3n(c2=O)CCN(Cc2cccnc2Oc2ccc(F)c4c2CCO4)C3=O)cn1. The van der Waals surface area contributed by atoms with Crippen molar-refractivity contribution in [3.63, 3.8) is 0 Å². The van der Waals surface area contributed by atoms with Crippen LogP contribution in [0.25, 0.3) is 5.69 Å². The number of ether oxygens (including phenoxy) is 2. The Kier molecular flexibility index (Phi) is 5.28. The number of fused-ring (bicyclic) bond motifs is 2. The van der Waals surface area contributed by atoms with E-state index in [1.54, 1.807) is 52.5 Å². The normalized spacial score (nSPS) is 14.4. The maximum Gasteiger partial charge on any atom is 0.275 e. The lowest BCUT2D eigenvalue weighted by Crippen LogP contribution is -2.44. The summed E-state index contributed by atoms with van der Waals surface area (Å²) < 4.78 is 28.7. The molecular weight excluding hydrogens is 465 g/mol. The van der Waals surface area contributed by atoms with Gasteiger partial charge in [-0.25, -0.2) is 14.4 Å². The van der Waals surface area contributed by atoms with Gasteiger partial charge in [0.1, 0.15) is 17.1 Å². The summed E-state index contributed by atoms with van der Waals surface area (Å²) in [6, 6.07) is 9.80. The number of aromatic nitrogens is 4. The minimum Gasteiger partial charge on any atom is -0.490 e. The Bertz CT molecular complexity index is 1560. The number of aryl methyl sites for hydroxylation is 1. The van der Waals surface area contributed by atoms with E-state index in [1.807, 2.05) is 13.0 Å². The number of hydrogen-bond donors (Lipinski definition) is 0. The Balaban J connectivity index is 1.26. The molecule has 4 aromatic rings. The van der Waals surface area contributed by atoms with E-state index in [4.69, 9.17) is 9.47 Å². The lowest BCUT2D eigenvalue weighted by atomic mass is 10.1. The maximum atomic E-state index is 14.0. The van der Waals surface area contributed by atoms with Crippen LogP contribution in [0.5, 0.6) is 17.4 Å². The first-order chi connectivity index (χ1) is 17.5.